The highest BCUT2D eigenvalue weighted by Crippen LogP contribution is 2.12. The molecule has 0 saturated heterocycles. The monoisotopic (exact) mass is 739 g/mol. The minimum atomic E-state index is -0.796. The number of hydrogen-bond donors (Lipinski definition) is 0. The average molecular weight is 739 g/mol. The first-order valence-electron chi connectivity index (χ1n) is 21.4. The molecule has 1 atom stereocenters. The van der Waals surface area contributed by atoms with E-state index in [0.717, 1.165) is 116 Å². The molecule has 0 aliphatic heterocycles. The maximum absolute atomic E-state index is 12.6. The number of carbonyl (C=O) groups is 3. The number of esters is 3. The molecule has 0 N–H and O–H groups in total. The van der Waals surface area contributed by atoms with Crippen molar-refractivity contribution in [1.82, 2.24) is 0 Å². The molecule has 1 unspecified atom stereocenters. The summed E-state index contributed by atoms with van der Waals surface area (Å²) in [7, 11) is 0. The van der Waals surface area contributed by atoms with E-state index in [1.54, 1.807) is 0 Å². The van der Waals surface area contributed by atoms with Gasteiger partial charge in [0, 0.05) is 19.3 Å². The molecule has 0 amide bonds. The fourth-order valence-electron chi connectivity index (χ4n) is 5.47. The van der Waals surface area contributed by atoms with Crippen LogP contribution in [0.2, 0.25) is 0 Å². The fourth-order valence-corrected chi connectivity index (χ4v) is 5.47. The van der Waals surface area contributed by atoms with Crippen molar-refractivity contribution in [2.45, 2.75) is 194 Å². The highest BCUT2D eigenvalue weighted by atomic mass is 16.6. The topological polar surface area (TPSA) is 78.9 Å². The summed E-state index contributed by atoms with van der Waals surface area (Å²) in [5.41, 5.74) is 0. The van der Waals surface area contributed by atoms with E-state index >= 15 is 0 Å². The highest BCUT2D eigenvalue weighted by molar-refractivity contribution is 5.71. The van der Waals surface area contributed by atoms with Gasteiger partial charge in [-0.15, -0.1) is 0 Å². The van der Waals surface area contributed by atoms with Gasteiger partial charge in [0.25, 0.3) is 0 Å². The number of rotatable bonds is 37. The van der Waals surface area contributed by atoms with Gasteiger partial charge in [0.05, 0.1) is 0 Å². The number of allylic oxidation sites excluding steroid dienone is 12. The van der Waals surface area contributed by atoms with Gasteiger partial charge in [-0.3, -0.25) is 14.4 Å². The standard InChI is InChI=1S/C47H78O6/c1-4-7-10-13-16-19-21-22-23-24-25-26-29-31-34-37-40-46(49)52-43-44(42-51-45(48)39-36-33-30-27-18-15-12-9-6-3)53-47(50)41-38-35-32-28-20-17-14-11-8-5-2/h7,9-10,12,14,16-19,22-23,27,44H,4-6,8,11,13,15,20-21,24-26,28-43H2,1-3H3/b10-7-,12-9-,17-14-,19-16-,23-22-,27-18-. The average Bonchev–Trinajstić information content (AvgIpc) is 3.15. The van der Waals surface area contributed by atoms with Crippen molar-refractivity contribution >= 4 is 17.9 Å². The lowest BCUT2D eigenvalue weighted by atomic mass is 10.1. The van der Waals surface area contributed by atoms with Crippen LogP contribution in [0, 0.1) is 0 Å². The minimum Gasteiger partial charge on any atom is -0.462 e. The summed E-state index contributed by atoms with van der Waals surface area (Å²) < 4.78 is 16.6. The van der Waals surface area contributed by atoms with E-state index in [0.29, 0.717) is 19.3 Å². The van der Waals surface area contributed by atoms with Crippen molar-refractivity contribution in [1.29, 1.82) is 0 Å². The van der Waals surface area contributed by atoms with Gasteiger partial charge in [-0.05, 0) is 96.3 Å². The molecular weight excluding hydrogens is 661 g/mol. The molecule has 0 spiro atoms. The highest BCUT2D eigenvalue weighted by Gasteiger charge is 2.19. The van der Waals surface area contributed by atoms with E-state index in [4.69, 9.17) is 14.2 Å². The van der Waals surface area contributed by atoms with Gasteiger partial charge < -0.3 is 14.2 Å². The molecule has 0 fully saturated rings. The smallest absolute Gasteiger partial charge is 0.306 e. The summed E-state index contributed by atoms with van der Waals surface area (Å²) in [6, 6.07) is 0. The van der Waals surface area contributed by atoms with Gasteiger partial charge in [-0.25, -0.2) is 0 Å². The van der Waals surface area contributed by atoms with E-state index in [1.807, 2.05) is 0 Å². The molecule has 53 heavy (non-hydrogen) atoms. The Morgan fingerprint density at radius 2 is 0.736 bits per heavy atom. The summed E-state index contributed by atoms with van der Waals surface area (Å²) in [6.07, 6.45) is 50.4. The molecule has 0 rings (SSSR count). The van der Waals surface area contributed by atoms with Crippen LogP contribution in [0.5, 0.6) is 0 Å². The number of hydrogen-bond acceptors (Lipinski definition) is 6. The van der Waals surface area contributed by atoms with Crippen LogP contribution in [0.25, 0.3) is 0 Å². The van der Waals surface area contributed by atoms with Gasteiger partial charge in [0.2, 0.25) is 0 Å². The van der Waals surface area contributed by atoms with E-state index in [-0.39, 0.29) is 31.1 Å². The molecule has 0 bridgehead atoms. The third-order valence-electron chi connectivity index (χ3n) is 8.68. The zero-order chi connectivity index (χ0) is 38.7. The number of unbranched alkanes of at least 4 members (excludes halogenated alkanes) is 14. The van der Waals surface area contributed by atoms with Crippen LogP contribution in [0.3, 0.4) is 0 Å². The Morgan fingerprint density at radius 1 is 0.396 bits per heavy atom. The van der Waals surface area contributed by atoms with Crippen molar-refractivity contribution < 1.29 is 28.6 Å². The van der Waals surface area contributed by atoms with Crippen LogP contribution >= 0.6 is 0 Å². The van der Waals surface area contributed by atoms with Crippen molar-refractivity contribution in [3.05, 3.63) is 72.9 Å². The molecule has 0 aliphatic carbocycles. The summed E-state index contributed by atoms with van der Waals surface area (Å²) in [4.78, 5) is 37.5. The second-order valence-corrected chi connectivity index (χ2v) is 13.8. The van der Waals surface area contributed by atoms with E-state index in [9.17, 15) is 14.4 Å². The summed E-state index contributed by atoms with van der Waals surface area (Å²) in [5, 5.41) is 0. The van der Waals surface area contributed by atoms with E-state index in [1.165, 1.54) is 32.1 Å². The first kappa shape index (κ1) is 49.9. The first-order chi connectivity index (χ1) is 26.0. The zero-order valence-electron chi connectivity index (χ0n) is 34.3. The molecule has 0 heterocycles. The van der Waals surface area contributed by atoms with E-state index < -0.39 is 6.10 Å². The maximum Gasteiger partial charge on any atom is 0.306 e. The lowest BCUT2D eigenvalue weighted by molar-refractivity contribution is -0.167. The Bertz CT molecular complexity index is 1030. The van der Waals surface area contributed by atoms with Gasteiger partial charge in [0.1, 0.15) is 13.2 Å². The van der Waals surface area contributed by atoms with Crippen LogP contribution in [0.1, 0.15) is 188 Å². The molecule has 0 aromatic rings. The molecule has 0 aliphatic rings. The predicted octanol–water partition coefficient (Wildman–Crippen LogP) is 13.5. The second kappa shape index (κ2) is 41.6. The van der Waals surface area contributed by atoms with E-state index in [2.05, 4.69) is 93.7 Å². The van der Waals surface area contributed by atoms with Crippen LogP contribution < -0.4 is 0 Å². The van der Waals surface area contributed by atoms with Crippen LogP contribution in [0.15, 0.2) is 72.9 Å². The Hall–Kier alpha value is -3.15. The normalized spacial score (nSPS) is 12.7. The predicted molar refractivity (Wildman–Crippen MR) is 224 cm³/mol. The Morgan fingerprint density at radius 3 is 1.21 bits per heavy atom. The molecule has 0 aromatic heterocycles. The van der Waals surface area contributed by atoms with Crippen molar-refractivity contribution in [3.8, 4) is 0 Å². The van der Waals surface area contributed by atoms with Gasteiger partial charge in [-0.1, -0.05) is 145 Å². The van der Waals surface area contributed by atoms with Gasteiger partial charge >= 0.3 is 17.9 Å². The summed E-state index contributed by atoms with van der Waals surface area (Å²) in [6.45, 7) is 6.27. The molecule has 0 radical (unpaired) electrons. The fraction of sp³-hybridized carbons (Fsp3) is 0.681. The number of ether oxygens (including phenoxy) is 3. The van der Waals surface area contributed by atoms with Crippen molar-refractivity contribution in [2.24, 2.45) is 0 Å². The first-order valence-corrected chi connectivity index (χ1v) is 21.4. The Labute approximate surface area is 325 Å². The minimum absolute atomic E-state index is 0.0985. The number of carbonyl (C=O) groups excluding carboxylic acids is 3. The third kappa shape index (κ3) is 39.9. The lowest BCUT2D eigenvalue weighted by Gasteiger charge is -2.18. The van der Waals surface area contributed by atoms with Crippen LogP contribution in [0.4, 0.5) is 0 Å². The zero-order valence-corrected chi connectivity index (χ0v) is 34.3. The van der Waals surface area contributed by atoms with Gasteiger partial charge in [-0.2, -0.15) is 0 Å². The van der Waals surface area contributed by atoms with Crippen LogP contribution in [-0.4, -0.2) is 37.2 Å². The maximum atomic E-state index is 12.6. The summed E-state index contributed by atoms with van der Waals surface area (Å²) >= 11 is 0. The second-order valence-electron chi connectivity index (χ2n) is 13.8. The Kier molecular flexibility index (Phi) is 39.1. The Balaban J connectivity index is 4.40. The summed E-state index contributed by atoms with van der Waals surface area (Å²) in [5.74, 6) is -0.972. The van der Waals surface area contributed by atoms with Crippen LogP contribution in [-0.2, 0) is 28.6 Å². The largest absolute Gasteiger partial charge is 0.462 e. The SMILES string of the molecule is CC/C=C\C/C=C\C/C=C\CCCCCCCCC(=O)OCC(COC(=O)CCCC/C=C\C/C=C\CC)OC(=O)CCCCCC/C=C\CCCC. The molecule has 0 saturated carbocycles. The molecule has 0 aromatic carbocycles. The molecule has 6 heteroatoms. The van der Waals surface area contributed by atoms with Gasteiger partial charge in [0.15, 0.2) is 6.10 Å². The van der Waals surface area contributed by atoms with Crippen molar-refractivity contribution in [3.63, 3.8) is 0 Å². The lowest BCUT2D eigenvalue weighted by Crippen LogP contribution is -2.30. The third-order valence-corrected chi connectivity index (χ3v) is 8.68. The van der Waals surface area contributed by atoms with Crippen molar-refractivity contribution in [2.75, 3.05) is 13.2 Å². The molecule has 6 nitrogen and oxygen atoms in total. The molecular formula is C47H78O6. The molecule has 302 valence electrons. The quantitative estimate of drug-likeness (QED) is 0.0273.